The highest BCUT2D eigenvalue weighted by Gasteiger charge is 2.43. The molecule has 2 aromatic carbocycles. The number of hydrogen-bond donors (Lipinski definition) is 3. The number of benzene rings is 2. The van der Waals surface area contributed by atoms with E-state index in [0.29, 0.717) is 6.54 Å². The number of nitrogens with one attached hydrogen (secondary N) is 3. The van der Waals surface area contributed by atoms with E-state index in [0.717, 1.165) is 16.7 Å². The van der Waals surface area contributed by atoms with Crippen molar-refractivity contribution in [1.82, 2.24) is 16.0 Å². The topological polar surface area (TPSA) is 87.3 Å². The maximum Gasteiger partial charge on any atom is 0.322 e. The summed E-state index contributed by atoms with van der Waals surface area (Å²) in [6, 6.07) is 13.6. The molecule has 1 heterocycles. The van der Waals surface area contributed by atoms with Gasteiger partial charge in [0.25, 0.3) is 5.91 Å². The molecule has 0 spiro atoms. The van der Waals surface area contributed by atoms with Crippen molar-refractivity contribution in [2.24, 2.45) is 0 Å². The van der Waals surface area contributed by atoms with Crippen molar-refractivity contribution in [1.29, 1.82) is 0 Å². The van der Waals surface area contributed by atoms with Crippen molar-refractivity contribution in [2.45, 2.75) is 31.7 Å². The highest BCUT2D eigenvalue weighted by Crippen LogP contribution is 2.23. The van der Waals surface area contributed by atoms with Gasteiger partial charge in [0.05, 0.1) is 6.42 Å². The third kappa shape index (κ3) is 4.36. The van der Waals surface area contributed by atoms with Gasteiger partial charge in [-0.15, -0.1) is 0 Å². The molecule has 0 radical (unpaired) electrons. The van der Waals surface area contributed by atoms with Crippen LogP contribution in [0.5, 0.6) is 0 Å². The van der Waals surface area contributed by atoms with E-state index >= 15 is 0 Å². The first-order valence-corrected chi connectivity index (χ1v) is 9.03. The zero-order valence-electron chi connectivity index (χ0n) is 15.7. The van der Waals surface area contributed by atoms with Crippen molar-refractivity contribution >= 4 is 17.8 Å². The zero-order chi connectivity index (χ0) is 20.3. The second-order valence-corrected chi connectivity index (χ2v) is 7.25. The molecule has 0 aliphatic carbocycles. The molecule has 28 heavy (non-hydrogen) atoms. The van der Waals surface area contributed by atoms with Gasteiger partial charge in [-0.3, -0.25) is 14.9 Å². The van der Waals surface area contributed by atoms with Crippen LogP contribution in [0.15, 0.2) is 48.5 Å². The third-order valence-corrected chi connectivity index (χ3v) is 4.89. The van der Waals surface area contributed by atoms with Crippen molar-refractivity contribution in [3.05, 3.63) is 59.9 Å². The predicted molar refractivity (Wildman–Crippen MR) is 103 cm³/mol. The summed E-state index contributed by atoms with van der Waals surface area (Å²) >= 11 is 0. The molecule has 0 aromatic heterocycles. The van der Waals surface area contributed by atoms with E-state index in [9.17, 15) is 18.8 Å². The average molecular weight is 383 g/mol. The molecule has 1 fully saturated rings. The van der Waals surface area contributed by atoms with Gasteiger partial charge in [-0.25, -0.2) is 9.18 Å². The minimum absolute atomic E-state index is 0.0611. The van der Waals surface area contributed by atoms with Crippen LogP contribution in [0.1, 0.15) is 31.7 Å². The van der Waals surface area contributed by atoms with Crippen LogP contribution >= 0.6 is 0 Å². The van der Waals surface area contributed by atoms with E-state index in [-0.39, 0.29) is 24.1 Å². The molecule has 6 nitrogen and oxygen atoms in total. The Morgan fingerprint density at radius 3 is 2.18 bits per heavy atom. The Hall–Kier alpha value is -3.22. The van der Waals surface area contributed by atoms with Crippen LogP contribution in [0.4, 0.5) is 9.18 Å². The summed E-state index contributed by atoms with van der Waals surface area (Å²) in [4.78, 5) is 35.2. The van der Waals surface area contributed by atoms with E-state index in [1.165, 1.54) is 19.1 Å². The summed E-state index contributed by atoms with van der Waals surface area (Å²) in [5.41, 5.74) is 1.74. The molecule has 2 unspecified atom stereocenters. The van der Waals surface area contributed by atoms with E-state index in [1.807, 2.05) is 31.2 Å². The van der Waals surface area contributed by atoms with E-state index < -0.39 is 17.5 Å². The zero-order valence-corrected chi connectivity index (χ0v) is 15.7. The third-order valence-electron chi connectivity index (χ3n) is 4.89. The fourth-order valence-electron chi connectivity index (χ4n) is 3.12. The molecule has 7 heteroatoms. The molecule has 2 atom stereocenters. The van der Waals surface area contributed by atoms with Crippen molar-refractivity contribution in [3.8, 4) is 11.1 Å². The number of halogens is 1. The lowest BCUT2D eigenvalue weighted by Crippen LogP contribution is -2.47. The van der Waals surface area contributed by atoms with Crippen LogP contribution in [-0.2, 0) is 9.59 Å². The van der Waals surface area contributed by atoms with Gasteiger partial charge in [-0.05, 0) is 41.7 Å². The first kappa shape index (κ1) is 19.5. The Morgan fingerprint density at radius 2 is 1.64 bits per heavy atom. The van der Waals surface area contributed by atoms with Gasteiger partial charge < -0.3 is 10.6 Å². The first-order chi connectivity index (χ1) is 13.3. The summed E-state index contributed by atoms with van der Waals surface area (Å²) in [6.07, 6.45) is -0.124. The van der Waals surface area contributed by atoms with Gasteiger partial charge in [-0.1, -0.05) is 43.3 Å². The largest absolute Gasteiger partial charge is 0.355 e. The Balaban J connectivity index is 1.55. The Morgan fingerprint density at radius 1 is 1.07 bits per heavy atom. The maximum atomic E-state index is 13.0. The Bertz CT molecular complexity index is 896. The second-order valence-electron chi connectivity index (χ2n) is 7.25. The molecular weight excluding hydrogens is 361 g/mol. The van der Waals surface area contributed by atoms with Crippen LogP contribution in [0, 0.1) is 5.82 Å². The lowest BCUT2D eigenvalue weighted by Gasteiger charge is -2.20. The van der Waals surface area contributed by atoms with Crippen molar-refractivity contribution < 1.29 is 18.8 Å². The normalized spacial score (nSPS) is 19.7. The number of imide groups is 1. The Kier molecular flexibility index (Phi) is 5.44. The standard InChI is InChI=1S/C21H22FN3O3/c1-13(12-23-18(26)11-21(2)19(27)24-20(28)25-21)14-3-5-15(6-4-14)16-7-9-17(22)10-8-16/h3-10,13H,11-12H2,1-2H3,(H,23,26)(H2,24,25,27,28). The first-order valence-electron chi connectivity index (χ1n) is 9.03. The monoisotopic (exact) mass is 383 g/mol. The Labute approximate surface area is 162 Å². The molecule has 1 aliphatic rings. The van der Waals surface area contributed by atoms with Gasteiger partial charge >= 0.3 is 6.03 Å². The minimum Gasteiger partial charge on any atom is -0.355 e. The molecular formula is C21H22FN3O3. The molecule has 146 valence electrons. The molecule has 3 N–H and O–H groups in total. The maximum absolute atomic E-state index is 13.0. The lowest BCUT2D eigenvalue weighted by molar-refractivity contribution is -0.129. The van der Waals surface area contributed by atoms with E-state index in [2.05, 4.69) is 16.0 Å². The predicted octanol–water partition coefficient (Wildman–Crippen LogP) is 2.70. The van der Waals surface area contributed by atoms with Gasteiger partial charge in [0.1, 0.15) is 11.4 Å². The van der Waals surface area contributed by atoms with Gasteiger partial charge in [0.15, 0.2) is 0 Å². The highest BCUT2D eigenvalue weighted by molar-refractivity contribution is 6.08. The molecule has 3 rings (SSSR count). The van der Waals surface area contributed by atoms with Crippen LogP contribution in [0.25, 0.3) is 11.1 Å². The lowest BCUT2D eigenvalue weighted by atomic mass is 9.96. The smallest absolute Gasteiger partial charge is 0.322 e. The van der Waals surface area contributed by atoms with Gasteiger partial charge in [0.2, 0.25) is 5.91 Å². The number of rotatable bonds is 6. The van der Waals surface area contributed by atoms with E-state index in [4.69, 9.17) is 0 Å². The molecule has 0 saturated carbocycles. The van der Waals surface area contributed by atoms with Gasteiger partial charge in [0, 0.05) is 6.54 Å². The number of carbonyl (C=O) groups is 3. The number of carbonyl (C=O) groups excluding carboxylic acids is 3. The molecule has 0 bridgehead atoms. The quantitative estimate of drug-likeness (QED) is 0.671. The average Bonchev–Trinajstić information content (AvgIpc) is 2.91. The minimum atomic E-state index is -1.22. The van der Waals surface area contributed by atoms with Crippen LogP contribution < -0.4 is 16.0 Å². The van der Waals surface area contributed by atoms with E-state index in [1.54, 1.807) is 12.1 Å². The highest BCUT2D eigenvalue weighted by atomic mass is 19.1. The van der Waals surface area contributed by atoms with Crippen LogP contribution in [-0.4, -0.2) is 29.9 Å². The SMILES string of the molecule is CC(CNC(=O)CC1(C)NC(=O)NC1=O)c1ccc(-c2ccc(F)cc2)cc1. The fourth-order valence-corrected chi connectivity index (χ4v) is 3.12. The number of hydrogen-bond acceptors (Lipinski definition) is 3. The summed E-state index contributed by atoms with van der Waals surface area (Å²) < 4.78 is 13.0. The summed E-state index contributed by atoms with van der Waals surface area (Å²) in [5.74, 6) is -1.02. The van der Waals surface area contributed by atoms with Crippen molar-refractivity contribution in [2.75, 3.05) is 6.54 Å². The number of amides is 4. The summed E-state index contributed by atoms with van der Waals surface area (Å²) in [6.45, 7) is 3.91. The number of urea groups is 1. The summed E-state index contributed by atoms with van der Waals surface area (Å²) in [7, 11) is 0. The second kappa shape index (κ2) is 7.80. The molecule has 1 aliphatic heterocycles. The molecule has 4 amide bonds. The molecule has 1 saturated heterocycles. The van der Waals surface area contributed by atoms with Crippen LogP contribution in [0.2, 0.25) is 0 Å². The summed E-state index contributed by atoms with van der Waals surface area (Å²) in [5, 5.41) is 7.42. The fraction of sp³-hybridized carbons (Fsp3) is 0.286. The van der Waals surface area contributed by atoms with Gasteiger partial charge in [-0.2, -0.15) is 0 Å². The van der Waals surface area contributed by atoms with Crippen molar-refractivity contribution in [3.63, 3.8) is 0 Å². The van der Waals surface area contributed by atoms with Crippen LogP contribution in [0.3, 0.4) is 0 Å². The molecule has 2 aromatic rings.